The number of amides is 1. The van der Waals surface area contributed by atoms with Gasteiger partial charge in [-0.1, -0.05) is 18.0 Å². The SMILES string of the molecule is CCOc1ccc(Cl)c(C(=O)NCCCCCS(C)(=O)=O)n1. The molecular formula is C14H21ClN2O4S. The number of ether oxygens (including phenoxy) is 1. The van der Waals surface area contributed by atoms with Crippen molar-refractivity contribution in [2.75, 3.05) is 25.2 Å². The lowest BCUT2D eigenvalue weighted by molar-refractivity contribution is 0.0947. The summed E-state index contributed by atoms with van der Waals surface area (Å²) in [6.45, 7) is 2.72. The second-order valence-corrected chi connectivity index (χ2v) is 7.53. The standard InChI is InChI=1S/C14H21ClN2O4S/c1-3-21-12-8-7-11(15)13(17-12)14(18)16-9-5-4-6-10-22(2,19)20/h7-8H,3-6,9-10H2,1-2H3,(H,16,18). The van der Waals surface area contributed by atoms with E-state index in [4.69, 9.17) is 16.3 Å². The van der Waals surface area contributed by atoms with Crippen LogP contribution in [0.15, 0.2) is 12.1 Å². The number of unbranched alkanes of at least 4 members (excludes halogenated alkanes) is 2. The Bertz CT molecular complexity index is 605. The molecule has 1 rings (SSSR count). The number of pyridine rings is 1. The van der Waals surface area contributed by atoms with Gasteiger partial charge in [0.2, 0.25) is 5.88 Å². The van der Waals surface area contributed by atoms with Gasteiger partial charge in [-0.2, -0.15) is 0 Å². The fourth-order valence-electron chi connectivity index (χ4n) is 1.76. The molecule has 0 spiro atoms. The van der Waals surface area contributed by atoms with E-state index in [0.29, 0.717) is 31.9 Å². The number of carbonyl (C=O) groups excluding carboxylic acids is 1. The van der Waals surface area contributed by atoms with Gasteiger partial charge in [-0.05, 0) is 25.8 Å². The van der Waals surface area contributed by atoms with Crippen LogP contribution in [0.2, 0.25) is 5.02 Å². The molecule has 0 atom stereocenters. The minimum atomic E-state index is -2.92. The molecule has 0 unspecified atom stereocenters. The number of nitrogens with zero attached hydrogens (tertiary/aromatic N) is 1. The summed E-state index contributed by atoms with van der Waals surface area (Å²) >= 11 is 5.96. The second-order valence-electron chi connectivity index (χ2n) is 4.86. The van der Waals surface area contributed by atoms with Crippen LogP contribution in [0, 0.1) is 0 Å². The van der Waals surface area contributed by atoms with Gasteiger partial charge in [0.05, 0.1) is 11.6 Å². The van der Waals surface area contributed by atoms with E-state index in [9.17, 15) is 13.2 Å². The molecule has 8 heteroatoms. The summed E-state index contributed by atoms with van der Waals surface area (Å²) in [5.41, 5.74) is 0.128. The molecule has 0 aliphatic rings. The van der Waals surface area contributed by atoms with Crippen LogP contribution in [0.5, 0.6) is 5.88 Å². The molecule has 1 aromatic rings. The van der Waals surface area contributed by atoms with Crippen LogP contribution in [0.4, 0.5) is 0 Å². The fraction of sp³-hybridized carbons (Fsp3) is 0.571. The third-order valence-corrected chi connectivity index (χ3v) is 4.14. The fourth-order valence-corrected chi connectivity index (χ4v) is 2.68. The average molecular weight is 349 g/mol. The zero-order valence-corrected chi connectivity index (χ0v) is 14.3. The number of nitrogens with one attached hydrogen (secondary N) is 1. The Morgan fingerprint density at radius 1 is 1.32 bits per heavy atom. The van der Waals surface area contributed by atoms with E-state index in [1.165, 1.54) is 6.26 Å². The second kappa shape index (κ2) is 8.95. The Hall–Kier alpha value is -1.34. The van der Waals surface area contributed by atoms with Gasteiger partial charge >= 0.3 is 0 Å². The van der Waals surface area contributed by atoms with Gasteiger partial charge in [-0.15, -0.1) is 0 Å². The summed E-state index contributed by atoms with van der Waals surface area (Å²) in [6.07, 6.45) is 3.23. The molecule has 0 radical (unpaired) electrons. The molecule has 1 heterocycles. The first-order chi connectivity index (χ1) is 10.3. The van der Waals surface area contributed by atoms with Gasteiger partial charge in [0.25, 0.3) is 5.91 Å². The maximum atomic E-state index is 12.0. The molecular weight excluding hydrogens is 328 g/mol. The number of halogens is 1. The Morgan fingerprint density at radius 3 is 2.68 bits per heavy atom. The van der Waals surface area contributed by atoms with Gasteiger partial charge in [-0.3, -0.25) is 4.79 Å². The van der Waals surface area contributed by atoms with Crippen molar-refractivity contribution in [2.24, 2.45) is 0 Å². The first kappa shape index (κ1) is 18.7. The van der Waals surface area contributed by atoms with Gasteiger partial charge in [0.15, 0.2) is 5.69 Å². The first-order valence-corrected chi connectivity index (χ1v) is 9.52. The van der Waals surface area contributed by atoms with Crippen molar-refractivity contribution in [3.63, 3.8) is 0 Å². The molecule has 1 amide bonds. The molecule has 124 valence electrons. The third kappa shape index (κ3) is 7.09. The van der Waals surface area contributed by atoms with Crippen molar-refractivity contribution in [3.8, 4) is 5.88 Å². The molecule has 22 heavy (non-hydrogen) atoms. The van der Waals surface area contributed by atoms with Crippen molar-refractivity contribution in [1.29, 1.82) is 0 Å². The summed E-state index contributed by atoms with van der Waals surface area (Å²) in [5.74, 6) is 0.157. The van der Waals surface area contributed by atoms with Gasteiger partial charge in [-0.25, -0.2) is 13.4 Å². The zero-order chi connectivity index (χ0) is 16.6. The Labute approximate surface area is 136 Å². The quantitative estimate of drug-likeness (QED) is 0.690. The smallest absolute Gasteiger partial charge is 0.271 e. The highest BCUT2D eigenvalue weighted by Crippen LogP contribution is 2.18. The summed E-state index contributed by atoms with van der Waals surface area (Å²) in [4.78, 5) is 16.1. The summed E-state index contributed by atoms with van der Waals surface area (Å²) < 4.78 is 27.2. The highest BCUT2D eigenvalue weighted by molar-refractivity contribution is 7.90. The average Bonchev–Trinajstić information content (AvgIpc) is 2.43. The molecule has 0 aliphatic carbocycles. The minimum Gasteiger partial charge on any atom is -0.478 e. The molecule has 6 nitrogen and oxygen atoms in total. The lowest BCUT2D eigenvalue weighted by atomic mass is 10.2. The Balaban J connectivity index is 2.41. The van der Waals surface area contributed by atoms with E-state index in [1.807, 2.05) is 6.92 Å². The summed E-state index contributed by atoms with van der Waals surface area (Å²) in [7, 11) is -2.92. The maximum Gasteiger partial charge on any atom is 0.271 e. The van der Waals surface area contributed by atoms with Gasteiger partial charge < -0.3 is 10.1 Å². The zero-order valence-electron chi connectivity index (χ0n) is 12.8. The molecule has 0 aromatic carbocycles. The number of sulfone groups is 1. The van der Waals surface area contributed by atoms with Crippen LogP contribution in [-0.4, -0.2) is 44.5 Å². The molecule has 0 fully saturated rings. The van der Waals surface area contributed by atoms with Crippen LogP contribution in [0.25, 0.3) is 0 Å². The van der Waals surface area contributed by atoms with Gasteiger partial charge in [0.1, 0.15) is 9.84 Å². The van der Waals surface area contributed by atoms with Crippen molar-refractivity contribution < 1.29 is 17.9 Å². The maximum absolute atomic E-state index is 12.0. The van der Waals surface area contributed by atoms with Crippen molar-refractivity contribution >= 4 is 27.3 Å². The van der Waals surface area contributed by atoms with Crippen LogP contribution >= 0.6 is 11.6 Å². The van der Waals surface area contributed by atoms with Crippen molar-refractivity contribution in [3.05, 3.63) is 22.8 Å². The van der Waals surface area contributed by atoms with Crippen LogP contribution in [0.1, 0.15) is 36.7 Å². The van der Waals surface area contributed by atoms with E-state index in [1.54, 1.807) is 12.1 Å². The number of hydrogen-bond donors (Lipinski definition) is 1. The van der Waals surface area contributed by atoms with Gasteiger partial charge in [0, 0.05) is 24.6 Å². The monoisotopic (exact) mass is 348 g/mol. The number of rotatable bonds is 9. The molecule has 1 aromatic heterocycles. The Kier molecular flexibility index (Phi) is 7.61. The molecule has 0 bridgehead atoms. The van der Waals surface area contributed by atoms with Crippen LogP contribution in [-0.2, 0) is 9.84 Å². The third-order valence-electron chi connectivity index (χ3n) is 2.81. The van der Waals surface area contributed by atoms with E-state index in [-0.39, 0.29) is 22.4 Å². The first-order valence-electron chi connectivity index (χ1n) is 7.08. The van der Waals surface area contributed by atoms with Crippen LogP contribution in [0.3, 0.4) is 0 Å². The topological polar surface area (TPSA) is 85.4 Å². The van der Waals surface area contributed by atoms with Crippen molar-refractivity contribution in [2.45, 2.75) is 26.2 Å². The number of hydrogen-bond acceptors (Lipinski definition) is 5. The molecule has 0 saturated carbocycles. The normalized spacial score (nSPS) is 11.2. The van der Waals surface area contributed by atoms with E-state index in [2.05, 4.69) is 10.3 Å². The van der Waals surface area contributed by atoms with E-state index < -0.39 is 9.84 Å². The summed E-state index contributed by atoms with van der Waals surface area (Å²) in [6, 6.07) is 3.17. The summed E-state index contributed by atoms with van der Waals surface area (Å²) in [5, 5.41) is 2.98. The number of carbonyl (C=O) groups is 1. The molecule has 0 aliphatic heterocycles. The lowest BCUT2D eigenvalue weighted by Gasteiger charge is -2.08. The van der Waals surface area contributed by atoms with Crippen LogP contribution < -0.4 is 10.1 Å². The molecule has 1 N–H and O–H groups in total. The highest BCUT2D eigenvalue weighted by Gasteiger charge is 2.13. The molecule has 0 saturated heterocycles. The van der Waals surface area contributed by atoms with E-state index >= 15 is 0 Å². The lowest BCUT2D eigenvalue weighted by Crippen LogP contribution is -2.26. The largest absolute Gasteiger partial charge is 0.478 e. The predicted octanol–water partition coefficient (Wildman–Crippen LogP) is 2.08. The Morgan fingerprint density at radius 2 is 2.05 bits per heavy atom. The van der Waals surface area contributed by atoms with E-state index in [0.717, 1.165) is 6.42 Å². The predicted molar refractivity (Wildman–Crippen MR) is 86.3 cm³/mol. The number of aromatic nitrogens is 1. The minimum absolute atomic E-state index is 0.128. The highest BCUT2D eigenvalue weighted by atomic mass is 35.5. The van der Waals surface area contributed by atoms with Crippen molar-refractivity contribution in [1.82, 2.24) is 10.3 Å².